The lowest BCUT2D eigenvalue weighted by Gasteiger charge is -2.36. The van der Waals surface area contributed by atoms with E-state index < -0.39 is 0 Å². The number of rotatable bonds is 5. The van der Waals surface area contributed by atoms with Crippen molar-refractivity contribution in [1.29, 1.82) is 0 Å². The van der Waals surface area contributed by atoms with Gasteiger partial charge in [0.25, 0.3) is 5.91 Å². The molecule has 25 heavy (non-hydrogen) atoms. The molecule has 1 saturated heterocycles. The highest BCUT2D eigenvalue weighted by Gasteiger charge is 2.28. The summed E-state index contributed by atoms with van der Waals surface area (Å²) in [5.74, 6) is 1.83. The van der Waals surface area contributed by atoms with Crippen LogP contribution in [0, 0.1) is 11.8 Å². The SMILES string of the molecule is CC1CCN(C(=O)c2ccc(OCc3ccccc3)cc2)CC1CN. The van der Waals surface area contributed by atoms with Gasteiger partial charge < -0.3 is 15.4 Å². The van der Waals surface area contributed by atoms with E-state index in [0.717, 1.165) is 30.8 Å². The number of piperidine rings is 1. The summed E-state index contributed by atoms with van der Waals surface area (Å²) in [4.78, 5) is 14.6. The number of ether oxygens (including phenoxy) is 1. The Morgan fingerprint density at radius 3 is 2.56 bits per heavy atom. The molecule has 0 aromatic heterocycles. The molecule has 1 aliphatic heterocycles. The van der Waals surface area contributed by atoms with Gasteiger partial charge in [-0.05, 0) is 54.6 Å². The molecule has 0 radical (unpaired) electrons. The highest BCUT2D eigenvalue weighted by molar-refractivity contribution is 5.94. The number of hydrogen-bond donors (Lipinski definition) is 1. The van der Waals surface area contributed by atoms with E-state index in [9.17, 15) is 4.79 Å². The molecule has 4 heteroatoms. The van der Waals surface area contributed by atoms with Crippen molar-refractivity contribution < 1.29 is 9.53 Å². The third-order valence-electron chi connectivity index (χ3n) is 5.05. The van der Waals surface area contributed by atoms with Crippen molar-refractivity contribution in [2.24, 2.45) is 17.6 Å². The van der Waals surface area contributed by atoms with Gasteiger partial charge in [-0.3, -0.25) is 4.79 Å². The van der Waals surface area contributed by atoms with E-state index in [1.165, 1.54) is 0 Å². The third-order valence-corrected chi connectivity index (χ3v) is 5.05. The van der Waals surface area contributed by atoms with Gasteiger partial charge in [0.15, 0.2) is 0 Å². The van der Waals surface area contributed by atoms with Crippen LogP contribution in [0.5, 0.6) is 5.75 Å². The molecule has 0 aliphatic carbocycles. The zero-order valence-corrected chi connectivity index (χ0v) is 14.7. The summed E-state index contributed by atoms with van der Waals surface area (Å²) in [6, 6.07) is 17.5. The maximum Gasteiger partial charge on any atom is 0.253 e. The van der Waals surface area contributed by atoms with Crippen molar-refractivity contribution in [3.63, 3.8) is 0 Å². The number of carbonyl (C=O) groups is 1. The molecule has 3 rings (SSSR count). The Labute approximate surface area is 149 Å². The number of amides is 1. The van der Waals surface area contributed by atoms with Crippen molar-refractivity contribution >= 4 is 5.91 Å². The van der Waals surface area contributed by atoms with E-state index in [4.69, 9.17) is 10.5 Å². The Kier molecular flexibility index (Phi) is 5.71. The molecule has 2 N–H and O–H groups in total. The number of benzene rings is 2. The van der Waals surface area contributed by atoms with Crippen LogP contribution < -0.4 is 10.5 Å². The summed E-state index contributed by atoms with van der Waals surface area (Å²) in [5.41, 5.74) is 7.67. The molecule has 2 aromatic rings. The molecule has 0 bridgehead atoms. The van der Waals surface area contributed by atoms with Crippen LogP contribution in [0.25, 0.3) is 0 Å². The van der Waals surface area contributed by atoms with Crippen molar-refractivity contribution in [3.8, 4) is 5.75 Å². The molecule has 2 unspecified atom stereocenters. The van der Waals surface area contributed by atoms with Gasteiger partial charge in [-0.15, -0.1) is 0 Å². The number of carbonyl (C=O) groups excluding carboxylic acids is 1. The summed E-state index contributed by atoms with van der Waals surface area (Å²) >= 11 is 0. The average molecular weight is 338 g/mol. The molecule has 132 valence electrons. The summed E-state index contributed by atoms with van der Waals surface area (Å²) in [6.45, 7) is 4.94. The number of nitrogens with two attached hydrogens (primary N) is 1. The number of hydrogen-bond acceptors (Lipinski definition) is 3. The van der Waals surface area contributed by atoms with Crippen LogP contribution in [0.3, 0.4) is 0 Å². The molecule has 1 fully saturated rings. The van der Waals surface area contributed by atoms with E-state index in [0.29, 0.717) is 30.6 Å². The average Bonchev–Trinajstić information content (AvgIpc) is 2.67. The van der Waals surface area contributed by atoms with Gasteiger partial charge in [-0.1, -0.05) is 37.3 Å². The maximum atomic E-state index is 12.7. The predicted molar refractivity (Wildman–Crippen MR) is 99.4 cm³/mol. The second-order valence-electron chi connectivity index (χ2n) is 6.81. The normalized spacial score (nSPS) is 20.3. The van der Waals surface area contributed by atoms with Gasteiger partial charge in [0, 0.05) is 18.7 Å². The highest BCUT2D eigenvalue weighted by atomic mass is 16.5. The monoisotopic (exact) mass is 338 g/mol. The molecule has 0 saturated carbocycles. The Hall–Kier alpha value is -2.33. The first-order valence-electron chi connectivity index (χ1n) is 8.93. The fraction of sp³-hybridized carbons (Fsp3) is 0.381. The fourth-order valence-corrected chi connectivity index (χ4v) is 3.26. The summed E-state index contributed by atoms with van der Waals surface area (Å²) in [6.07, 6.45) is 1.02. The summed E-state index contributed by atoms with van der Waals surface area (Å²) < 4.78 is 5.78. The van der Waals surface area contributed by atoms with Crippen molar-refractivity contribution in [3.05, 3.63) is 65.7 Å². The maximum absolute atomic E-state index is 12.7. The first kappa shape index (κ1) is 17.5. The lowest BCUT2D eigenvalue weighted by Crippen LogP contribution is -2.45. The van der Waals surface area contributed by atoms with E-state index >= 15 is 0 Å². The Morgan fingerprint density at radius 1 is 1.16 bits per heavy atom. The van der Waals surface area contributed by atoms with Crippen molar-refractivity contribution in [1.82, 2.24) is 4.90 Å². The van der Waals surface area contributed by atoms with Crippen molar-refractivity contribution in [2.45, 2.75) is 20.0 Å². The molecule has 2 aromatic carbocycles. The zero-order valence-electron chi connectivity index (χ0n) is 14.7. The smallest absolute Gasteiger partial charge is 0.253 e. The van der Waals surface area contributed by atoms with Crippen LogP contribution in [0.1, 0.15) is 29.3 Å². The topological polar surface area (TPSA) is 55.6 Å². The minimum Gasteiger partial charge on any atom is -0.489 e. The van der Waals surface area contributed by atoms with Crippen LogP contribution in [0.4, 0.5) is 0 Å². The molecular weight excluding hydrogens is 312 g/mol. The Bertz CT molecular complexity index is 685. The van der Waals surface area contributed by atoms with E-state index in [2.05, 4.69) is 6.92 Å². The Balaban J connectivity index is 1.59. The molecule has 2 atom stereocenters. The molecular formula is C21H26N2O2. The zero-order chi connectivity index (χ0) is 17.6. The quantitative estimate of drug-likeness (QED) is 0.910. The van der Waals surface area contributed by atoms with Gasteiger partial charge in [-0.2, -0.15) is 0 Å². The lowest BCUT2D eigenvalue weighted by molar-refractivity contribution is 0.0618. The second kappa shape index (κ2) is 8.17. The van der Waals surface area contributed by atoms with Crippen LogP contribution in [0.15, 0.2) is 54.6 Å². The molecule has 4 nitrogen and oxygen atoms in total. The van der Waals surface area contributed by atoms with E-state index in [-0.39, 0.29) is 5.91 Å². The Morgan fingerprint density at radius 2 is 1.88 bits per heavy atom. The first-order valence-corrected chi connectivity index (χ1v) is 8.93. The van der Waals surface area contributed by atoms with Gasteiger partial charge in [0.2, 0.25) is 0 Å². The highest BCUT2D eigenvalue weighted by Crippen LogP contribution is 2.24. The standard InChI is InChI=1S/C21H26N2O2/c1-16-11-12-23(14-19(16)13-22)21(24)18-7-9-20(10-8-18)25-15-17-5-3-2-4-6-17/h2-10,16,19H,11-15,22H2,1H3. The summed E-state index contributed by atoms with van der Waals surface area (Å²) in [5, 5.41) is 0. The van der Waals surface area contributed by atoms with Gasteiger partial charge in [-0.25, -0.2) is 0 Å². The summed E-state index contributed by atoms with van der Waals surface area (Å²) in [7, 11) is 0. The van der Waals surface area contributed by atoms with Gasteiger partial charge >= 0.3 is 0 Å². The largest absolute Gasteiger partial charge is 0.489 e. The van der Waals surface area contributed by atoms with E-state index in [1.54, 1.807) is 0 Å². The minimum absolute atomic E-state index is 0.0833. The first-order chi connectivity index (χ1) is 12.2. The molecule has 1 heterocycles. The molecule has 0 spiro atoms. The van der Waals surface area contributed by atoms with Crippen LogP contribution in [-0.4, -0.2) is 30.4 Å². The number of nitrogens with zero attached hydrogens (tertiary/aromatic N) is 1. The van der Waals surface area contributed by atoms with Gasteiger partial charge in [0.05, 0.1) is 0 Å². The number of likely N-dealkylation sites (tertiary alicyclic amines) is 1. The van der Waals surface area contributed by atoms with Crippen molar-refractivity contribution in [2.75, 3.05) is 19.6 Å². The predicted octanol–water partition coefficient (Wildman–Crippen LogP) is 3.32. The molecule has 1 aliphatic rings. The van der Waals surface area contributed by atoms with E-state index in [1.807, 2.05) is 59.5 Å². The minimum atomic E-state index is 0.0833. The van der Waals surface area contributed by atoms with Crippen LogP contribution in [0.2, 0.25) is 0 Å². The molecule has 1 amide bonds. The second-order valence-corrected chi connectivity index (χ2v) is 6.81. The lowest BCUT2D eigenvalue weighted by atomic mass is 9.87. The van der Waals surface area contributed by atoms with Crippen LogP contribution in [-0.2, 0) is 6.61 Å². The third kappa shape index (κ3) is 4.40. The fourth-order valence-electron chi connectivity index (χ4n) is 3.26. The van der Waals surface area contributed by atoms with Gasteiger partial charge in [0.1, 0.15) is 12.4 Å². The van der Waals surface area contributed by atoms with Crippen LogP contribution >= 0.6 is 0 Å².